The largest absolute Gasteiger partial charge is 0.468 e. The molecule has 0 aliphatic carbocycles. The second kappa shape index (κ2) is 8.39. The first kappa shape index (κ1) is 18.4. The summed E-state index contributed by atoms with van der Waals surface area (Å²) in [5, 5.41) is 2.99. The van der Waals surface area contributed by atoms with Crippen molar-refractivity contribution in [2.75, 3.05) is 19.6 Å². The van der Waals surface area contributed by atoms with Crippen molar-refractivity contribution in [3.63, 3.8) is 0 Å². The maximum atomic E-state index is 12.4. The van der Waals surface area contributed by atoms with E-state index in [2.05, 4.69) is 20.2 Å². The Morgan fingerprint density at radius 1 is 1.21 bits per heavy atom. The molecule has 2 aromatic heterocycles. The fourth-order valence-electron chi connectivity index (χ4n) is 3.71. The van der Waals surface area contributed by atoms with Gasteiger partial charge in [-0.25, -0.2) is 4.98 Å². The van der Waals surface area contributed by atoms with Gasteiger partial charge < -0.3 is 14.7 Å². The highest BCUT2D eigenvalue weighted by Gasteiger charge is 2.25. The van der Waals surface area contributed by atoms with Crippen LogP contribution in [0.2, 0.25) is 0 Å². The van der Waals surface area contributed by atoms with Crippen LogP contribution in [-0.2, 0) is 11.2 Å². The van der Waals surface area contributed by atoms with Gasteiger partial charge in [-0.05, 0) is 50.2 Å². The Bertz CT molecular complexity index is 990. The molecular formula is C21H24N4O3. The van der Waals surface area contributed by atoms with Gasteiger partial charge in [-0.1, -0.05) is 12.1 Å². The second-order valence-corrected chi connectivity index (χ2v) is 7.11. The van der Waals surface area contributed by atoms with Crippen LogP contribution in [-0.4, -0.2) is 40.4 Å². The predicted molar refractivity (Wildman–Crippen MR) is 106 cm³/mol. The number of amides is 1. The normalized spacial score (nSPS) is 15.7. The number of fused-ring (bicyclic) bond motifs is 1. The van der Waals surface area contributed by atoms with Gasteiger partial charge in [0, 0.05) is 19.4 Å². The summed E-state index contributed by atoms with van der Waals surface area (Å²) < 4.78 is 5.58. The maximum absolute atomic E-state index is 12.4. The number of H-pyrrole nitrogens is 1. The van der Waals surface area contributed by atoms with Crippen molar-refractivity contribution >= 4 is 16.9 Å². The lowest BCUT2D eigenvalue weighted by Gasteiger charge is -2.26. The first-order valence-electron chi connectivity index (χ1n) is 9.73. The molecule has 7 nitrogen and oxygen atoms in total. The van der Waals surface area contributed by atoms with E-state index in [9.17, 15) is 9.59 Å². The molecule has 1 amide bonds. The molecule has 7 heteroatoms. The number of aromatic amines is 1. The number of benzene rings is 1. The molecular weight excluding hydrogens is 356 g/mol. The van der Waals surface area contributed by atoms with Crippen molar-refractivity contribution in [3.05, 3.63) is 64.5 Å². The van der Waals surface area contributed by atoms with E-state index in [1.807, 2.05) is 36.4 Å². The zero-order chi connectivity index (χ0) is 19.3. The van der Waals surface area contributed by atoms with Crippen LogP contribution in [0.3, 0.4) is 0 Å². The second-order valence-electron chi connectivity index (χ2n) is 7.11. The zero-order valence-electron chi connectivity index (χ0n) is 15.7. The fourth-order valence-corrected chi connectivity index (χ4v) is 3.71. The Balaban J connectivity index is 1.36. The number of aryl methyl sites for hydroxylation is 1. The topological polar surface area (TPSA) is 91.2 Å². The van der Waals surface area contributed by atoms with Gasteiger partial charge >= 0.3 is 0 Å². The smallest absolute Gasteiger partial charge is 0.270 e. The third kappa shape index (κ3) is 4.14. The van der Waals surface area contributed by atoms with E-state index in [1.165, 1.54) is 12.8 Å². The van der Waals surface area contributed by atoms with E-state index in [0.717, 1.165) is 24.4 Å². The van der Waals surface area contributed by atoms with E-state index in [-0.39, 0.29) is 23.9 Å². The van der Waals surface area contributed by atoms with Gasteiger partial charge in [-0.2, -0.15) is 0 Å². The molecule has 0 radical (unpaired) electrons. The molecule has 2 N–H and O–H groups in total. The van der Waals surface area contributed by atoms with Gasteiger partial charge in [0.15, 0.2) is 0 Å². The van der Waals surface area contributed by atoms with Crippen molar-refractivity contribution in [1.29, 1.82) is 0 Å². The highest BCUT2D eigenvalue weighted by atomic mass is 16.3. The fraction of sp³-hybridized carbons (Fsp3) is 0.381. The number of hydrogen-bond donors (Lipinski definition) is 2. The SMILES string of the molecule is O=C(CCc1nc2ccccc2[nH]c1=O)NCC(c1ccco1)N1CCCC1. The van der Waals surface area contributed by atoms with E-state index < -0.39 is 0 Å². The Morgan fingerprint density at radius 2 is 2.04 bits per heavy atom. The number of furan rings is 1. The Labute approximate surface area is 162 Å². The molecule has 1 atom stereocenters. The highest BCUT2D eigenvalue weighted by molar-refractivity contribution is 5.76. The third-order valence-corrected chi connectivity index (χ3v) is 5.20. The number of likely N-dealkylation sites (tertiary alicyclic amines) is 1. The quantitative estimate of drug-likeness (QED) is 0.657. The summed E-state index contributed by atoms with van der Waals surface area (Å²) >= 11 is 0. The van der Waals surface area contributed by atoms with Crippen LogP contribution in [0.25, 0.3) is 11.0 Å². The summed E-state index contributed by atoms with van der Waals surface area (Å²) in [6.45, 7) is 2.52. The molecule has 146 valence electrons. The summed E-state index contributed by atoms with van der Waals surface area (Å²) in [7, 11) is 0. The number of nitrogens with one attached hydrogen (secondary N) is 2. The number of hydrogen-bond acceptors (Lipinski definition) is 5. The minimum atomic E-state index is -0.239. The van der Waals surface area contributed by atoms with Crippen LogP contribution in [0.1, 0.15) is 36.8 Å². The Hall–Kier alpha value is -2.93. The monoisotopic (exact) mass is 380 g/mol. The molecule has 4 rings (SSSR count). The van der Waals surface area contributed by atoms with Crippen LogP contribution in [0, 0.1) is 0 Å². The highest BCUT2D eigenvalue weighted by Crippen LogP contribution is 2.24. The molecule has 1 saturated heterocycles. The minimum absolute atomic E-state index is 0.0450. The lowest BCUT2D eigenvalue weighted by atomic mass is 10.1. The van der Waals surface area contributed by atoms with Crippen LogP contribution in [0.5, 0.6) is 0 Å². The number of para-hydroxylation sites is 2. The first-order chi connectivity index (χ1) is 13.7. The molecule has 0 spiro atoms. The van der Waals surface area contributed by atoms with Crippen molar-refractivity contribution in [3.8, 4) is 0 Å². The molecule has 3 heterocycles. The molecule has 1 fully saturated rings. The summed E-state index contributed by atoms with van der Waals surface area (Å²) in [4.78, 5) is 34.1. The lowest BCUT2D eigenvalue weighted by Crippen LogP contribution is -2.36. The van der Waals surface area contributed by atoms with E-state index >= 15 is 0 Å². The molecule has 28 heavy (non-hydrogen) atoms. The third-order valence-electron chi connectivity index (χ3n) is 5.20. The zero-order valence-corrected chi connectivity index (χ0v) is 15.7. The minimum Gasteiger partial charge on any atom is -0.468 e. The standard InChI is InChI=1S/C21H24N4O3/c26-20(10-9-17-21(27)24-16-7-2-1-6-15(16)23-17)22-14-18(19-8-5-13-28-19)25-11-3-4-12-25/h1-2,5-8,13,18H,3-4,9-12,14H2,(H,22,26)(H,24,27). The molecule has 1 unspecified atom stereocenters. The number of aromatic nitrogens is 2. The summed E-state index contributed by atoms with van der Waals surface area (Å²) in [6, 6.07) is 11.3. The van der Waals surface area contributed by atoms with Crippen molar-refractivity contribution < 1.29 is 9.21 Å². The number of nitrogens with zero attached hydrogens (tertiary/aromatic N) is 2. The predicted octanol–water partition coefficient (Wildman–Crippen LogP) is 2.40. The van der Waals surface area contributed by atoms with Gasteiger partial charge in [-0.3, -0.25) is 14.5 Å². The van der Waals surface area contributed by atoms with E-state index in [0.29, 0.717) is 24.2 Å². The van der Waals surface area contributed by atoms with Crippen molar-refractivity contribution in [1.82, 2.24) is 20.2 Å². The van der Waals surface area contributed by atoms with Crippen LogP contribution in [0.4, 0.5) is 0 Å². The van der Waals surface area contributed by atoms with Gasteiger partial charge in [0.1, 0.15) is 11.5 Å². The number of carbonyl (C=O) groups excluding carboxylic acids is 1. The van der Waals surface area contributed by atoms with Crippen LogP contribution in [0.15, 0.2) is 51.9 Å². The summed E-state index contributed by atoms with van der Waals surface area (Å²) in [6.07, 6.45) is 4.53. The molecule has 3 aromatic rings. The van der Waals surface area contributed by atoms with Crippen LogP contribution < -0.4 is 10.9 Å². The molecule has 0 bridgehead atoms. The lowest BCUT2D eigenvalue weighted by molar-refractivity contribution is -0.121. The molecule has 1 aliphatic rings. The Kier molecular flexibility index (Phi) is 5.53. The number of rotatable bonds is 7. The average Bonchev–Trinajstić information content (AvgIpc) is 3.41. The maximum Gasteiger partial charge on any atom is 0.270 e. The van der Waals surface area contributed by atoms with Crippen molar-refractivity contribution in [2.24, 2.45) is 0 Å². The molecule has 1 aromatic carbocycles. The average molecular weight is 380 g/mol. The Morgan fingerprint density at radius 3 is 2.82 bits per heavy atom. The van der Waals surface area contributed by atoms with Gasteiger partial charge in [-0.15, -0.1) is 0 Å². The van der Waals surface area contributed by atoms with Gasteiger partial charge in [0.05, 0.1) is 23.3 Å². The summed E-state index contributed by atoms with van der Waals surface area (Å²) in [5.74, 6) is 0.778. The van der Waals surface area contributed by atoms with Gasteiger partial charge in [0.25, 0.3) is 5.56 Å². The van der Waals surface area contributed by atoms with Crippen molar-refractivity contribution in [2.45, 2.75) is 31.7 Å². The van der Waals surface area contributed by atoms with E-state index in [1.54, 1.807) is 6.26 Å². The first-order valence-corrected chi connectivity index (χ1v) is 9.73. The number of carbonyl (C=O) groups is 1. The van der Waals surface area contributed by atoms with Gasteiger partial charge in [0.2, 0.25) is 5.91 Å². The van der Waals surface area contributed by atoms with E-state index in [4.69, 9.17) is 4.42 Å². The summed E-state index contributed by atoms with van der Waals surface area (Å²) in [5.41, 5.74) is 1.57. The molecule has 1 aliphatic heterocycles. The van der Waals surface area contributed by atoms with Crippen LogP contribution >= 0.6 is 0 Å². The molecule has 0 saturated carbocycles.